The van der Waals surface area contributed by atoms with E-state index < -0.39 is 11.9 Å². The SMILES string of the molecule is COCC(=O)Nc1ncccc1C(=O)O. The van der Waals surface area contributed by atoms with Crippen LogP contribution >= 0.6 is 0 Å². The summed E-state index contributed by atoms with van der Waals surface area (Å²) in [7, 11) is 1.37. The molecule has 0 saturated heterocycles. The summed E-state index contributed by atoms with van der Waals surface area (Å²) in [6.07, 6.45) is 1.40. The van der Waals surface area contributed by atoms with E-state index in [-0.39, 0.29) is 18.0 Å². The van der Waals surface area contributed by atoms with E-state index in [2.05, 4.69) is 15.0 Å². The fourth-order valence-electron chi connectivity index (χ4n) is 0.977. The molecule has 80 valence electrons. The quantitative estimate of drug-likeness (QED) is 0.749. The van der Waals surface area contributed by atoms with Gasteiger partial charge in [-0.25, -0.2) is 9.78 Å². The lowest BCUT2D eigenvalue weighted by Gasteiger charge is -2.05. The third-order valence-corrected chi connectivity index (χ3v) is 1.57. The van der Waals surface area contributed by atoms with E-state index in [9.17, 15) is 9.59 Å². The van der Waals surface area contributed by atoms with E-state index in [4.69, 9.17) is 5.11 Å². The van der Waals surface area contributed by atoms with Gasteiger partial charge in [0.25, 0.3) is 5.91 Å². The average molecular weight is 210 g/mol. The second-order valence-corrected chi connectivity index (χ2v) is 2.69. The molecule has 0 aromatic carbocycles. The molecule has 15 heavy (non-hydrogen) atoms. The number of hydrogen-bond donors (Lipinski definition) is 2. The Bertz CT molecular complexity index is 378. The molecule has 0 spiro atoms. The van der Waals surface area contributed by atoms with Crippen molar-refractivity contribution in [1.29, 1.82) is 0 Å². The van der Waals surface area contributed by atoms with Gasteiger partial charge in [-0.15, -0.1) is 0 Å². The number of methoxy groups -OCH3 is 1. The summed E-state index contributed by atoms with van der Waals surface area (Å²) in [5.41, 5.74) is -0.0537. The van der Waals surface area contributed by atoms with Crippen molar-refractivity contribution in [3.8, 4) is 0 Å². The first-order valence-electron chi connectivity index (χ1n) is 4.12. The van der Waals surface area contributed by atoms with Crippen LogP contribution in [-0.2, 0) is 9.53 Å². The maximum Gasteiger partial charge on any atom is 0.339 e. The Balaban J connectivity index is 2.84. The molecule has 0 atom stereocenters. The van der Waals surface area contributed by atoms with Gasteiger partial charge in [-0.05, 0) is 12.1 Å². The van der Waals surface area contributed by atoms with Crippen LogP contribution < -0.4 is 5.32 Å². The summed E-state index contributed by atoms with van der Waals surface area (Å²) < 4.78 is 4.59. The summed E-state index contributed by atoms with van der Waals surface area (Å²) in [6.45, 7) is -0.143. The number of pyridine rings is 1. The Morgan fingerprint density at radius 3 is 2.93 bits per heavy atom. The van der Waals surface area contributed by atoms with Gasteiger partial charge in [0.15, 0.2) is 0 Å². The number of rotatable bonds is 4. The Morgan fingerprint density at radius 1 is 1.60 bits per heavy atom. The molecule has 1 aromatic rings. The van der Waals surface area contributed by atoms with E-state index in [0.717, 1.165) is 0 Å². The van der Waals surface area contributed by atoms with Crippen molar-refractivity contribution < 1.29 is 19.4 Å². The molecule has 0 radical (unpaired) electrons. The van der Waals surface area contributed by atoms with E-state index in [0.29, 0.717) is 0 Å². The standard InChI is InChI=1S/C9H10N2O4/c1-15-5-7(12)11-8-6(9(13)14)3-2-4-10-8/h2-4H,5H2,1H3,(H,13,14)(H,10,11,12). The van der Waals surface area contributed by atoms with Gasteiger partial charge in [0, 0.05) is 13.3 Å². The maximum absolute atomic E-state index is 11.1. The molecule has 0 aliphatic rings. The molecule has 6 nitrogen and oxygen atoms in total. The summed E-state index contributed by atoms with van der Waals surface area (Å²) in [5.74, 6) is -1.57. The molecule has 0 unspecified atom stereocenters. The molecule has 1 amide bonds. The second kappa shape index (κ2) is 5.06. The molecule has 0 aliphatic heterocycles. The van der Waals surface area contributed by atoms with Crippen LogP contribution in [0, 0.1) is 0 Å². The third kappa shape index (κ3) is 3.03. The van der Waals surface area contributed by atoms with Crippen LogP contribution in [-0.4, -0.2) is 35.7 Å². The number of nitrogens with zero attached hydrogens (tertiary/aromatic N) is 1. The normalized spacial score (nSPS) is 9.67. The number of carbonyl (C=O) groups excluding carboxylic acids is 1. The van der Waals surface area contributed by atoms with Crippen molar-refractivity contribution in [1.82, 2.24) is 4.98 Å². The molecule has 6 heteroatoms. The summed E-state index contributed by atoms with van der Waals surface area (Å²) in [5, 5.41) is 11.1. The van der Waals surface area contributed by atoms with Gasteiger partial charge in [0.05, 0.1) is 0 Å². The number of hydrogen-bond acceptors (Lipinski definition) is 4. The second-order valence-electron chi connectivity index (χ2n) is 2.69. The van der Waals surface area contributed by atoms with E-state index in [1.165, 1.54) is 25.4 Å². The fourth-order valence-corrected chi connectivity index (χ4v) is 0.977. The number of carboxylic acid groups (broad SMARTS) is 1. The van der Waals surface area contributed by atoms with E-state index in [1.807, 2.05) is 0 Å². The van der Waals surface area contributed by atoms with Gasteiger partial charge in [-0.3, -0.25) is 4.79 Å². The van der Waals surface area contributed by atoms with Crippen molar-refractivity contribution in [2.75, 3.05) is 19.0 Å². The number of aromatic nitrogens is 1. The lowest BCUT2D eigenvalue weighted by molar-refractivity contribution is -0.119. The Kier molecular flexibility index (Phi) is 3.75. The minimum atomic E-state index is -1.14. The zero-order valence-electron chi connectivity index (χ0n) is 8.06. The zero-order valence-corrected chi connectivity index (χ0v) is 8.06. The molecule has 1 aromatic heterocycles. The van der Waals surface area contributed by atoms with E-state index in [1.54, 1.807) is 0 Å². The van der Waals surface area contributed by atoms with Crippen molar-refractivity contribution in [3.05, 3.63) is 23.9 Å². The fraction of sp³-hybridized carbons (Fsp3) is 0.222. The third-order valence-electron chi connectivity index (χ3n) is 1.57. The van der Waals surface area contributed by atoms with E-state index >= 15 is 0 Å². The van der Waals surface area contributed by atoms with Crippen LogP contribution in [0.3, 0.4) is 0 Å². The lowest BCUT2D eigenvalue weighted by Crippen LogP contribution is -2.19. The monoisotopic (exact) mass is 210 g/mol. The number of nitrogens with one attached hydrogen (secondary N) is 1. The number of aromatic carboxylic acids is 1. The molecule has 0 saturated carbocycles. The highest BCUT2D eigenvalue weighted by atomic mass is 16.5. The summed E-state index contributed by atoms with van der Waals surface area (Å²) >= 11 is 0. The van der Waals surface area contributed by atoms with Gasteiger partial charge >= 0.3 is 5.97 Å². The van der Waals surface area contributed by atoms with Gasteiger partial charge < -0.3 is 15.2 Å². The average Bonchev–Trinajstić information content (AvgIpc) is 2.18. The summed E-state index contributed by atoms with van der Waals surface area (Å²) in [4.78, 5) is 25.6. The predicted molar refractivity (Wildman–Crippen MR) is 51.7 cm³/mol. The van der Waals surface area contributed by atoms with Crippen LogP contribution in [0.2, 0.25) is 0 Å². The van der Waals surface area contributed by atoms with Gasteiger partial charge in [0.2, 0.25) is 0 Å². The highest BCUT2D eigenvalue weighted by molar-refractivity contribution is 5.99. The van der Waals surface area contributed by atoms with Gasteiger partial charge in [-0.2, -0.15) is 0 Å². The number of amides is 1. The van der Waals surface area contributed by atoms with Crippen LogP contribution in [0.1, 0.15) is 10.4 Å². The predicted octanol–water partition coefficient (Wildman–Crippen LogP) is 0.365. The first kappa shape index (κ1) is 11.1. The highest BCUT2D eigenvalue weighted by Gasteiger charge is 2.12. The minimum Gasteiger partial charge on any atom is -0.478 e. The first-order chi connectivity index (χ1) is 7.15. The maximum atomic E-state index is 11.1. The Morgan fingerprint density at radius 2 is 2.33 bits per heavy atom. The highest BCUT2D eigenvalue weighted by Crippen LogP contribution is 2.10. The topological polar surface area (TPSA) is 88.5 Å². The largest absolute Gasteiger partial charge is 0.478 e. The molecular weight excluding hydrogens is 200 g/mol. The molecule has 1 heterocycles. The number of anilines is 1. The number of carbonyl (C=O) groups is 2. The smallest absolute Gasteiger partial charge is 0.339 e. The van der Waals surface area contributed by atoms with Crippen LogP contribution in [0.15, 0.2) is 18.3 Å². The Labute approximate surface area is 85.9 Å². The van der Waals surface area contributed by atoms with Crippen LogP contribution in [0.4, 0.5) is 5.82 Å². The zero-order chi connectivity index (χ0) is 11.3. The van der Waals surface area contributed by atoms with Crippen molar-refractivity contribution in [2.24, 2.45) is 0 Å². The molecule has 0 aliphatic carbocycles. The summed E-state index contributed by atoms with van der Waals surface area (Å²) in [6, 6.07) is 2.84. The molecule has 1 rings (SSSR count). The number of carboxylic acids is 1. The van der Waals surface area contributed by atoms with Crippen molar-refractivity contribution >= 4 is 17.7 Å². The van der Waals surface area contributed by atoms with Crippen molar-refractivity contribution in [3.63, 3.8) is 0 Å². The van der Waals surface area contributed by atoms with Crippen LogP contribution in [0.25, 0.3) is 0 Å². The minimum absolute atomic E-state index is 0.0204. The first-order valence-corrected chi connectivity index (χ1v) is 4.12. The Hall–Kier alpha value is -1.95. The van der Waals surface area contributed by atoms with Gasteiger partial charge in [0.1, 0.15) is 18.0 Å². The molecule has 0 bridgehead atoms. The van der Waals surface area contributed by atoms with Crippen molar-refractivity contribution in [2.45, 2.75) is 0 Å². The number of ether oxygens (including phenoxy) is 1. The lowest BCUT2D eigenvalue weighted by atomic mass is 10.2. The molecule has 0 fully saturated rings. The molecule has 2 N–H and O–H groups in total. The van der Waals surface area contributed by atoms with Crippen LogP contribution in [0.5, 0.6) is 0 Å². The molecular formula is C9H10N2O4. The van der Waals surface area contributed by atoms with Gasteiger partial charge in [-0.1, -0.05) is 0 Å².